The van der Waals surface area contributed by atoms with Crippen LogP contribution in [0.1, 0.15) is 33.8 Å². The molecule has 0 aliphatic carbocycles. The van der Waals surface area contributed by atoms with Crippen molar-refractivity contribution >= 4 is 34.5 Å². The van der Waals surface area contributed by atoms with Gasteiger partial charge < -0.3 is 24.7 Å². The van der Waals surface area contributed by atoms with E-state index in [1.54, 1.807) is 6.07 Å². The zero-order valence-corrected chi connectivity index (χ0v) is 19.6. The predicted octanol–water partition coefficient (Wildman–Crippen LogP) is 2.18. The van der Waals surface area contributed by atoms with Gasteiger partial charge in [-0.25, -0.2) is 18.6 Å². The third-order valence-corrected chi connectivity index (χ3v) is 6.89. The number of carbonyl (C=O) groups is 3. The smallest absolute Gasteiger partial charge is 0.322 e. The Hall–Kier alpha value is -4.32. The lowest BCUT2D eigenvalue weighted by Gasteiger charge is -2.28. The lowest BCUT2D eigenvalue weighted by Crippen LogP contribution is -2.52. The van der Waals surface area contributed by atoms with E-state index in [4.69, 9.17) is 9.15 Å². The van der Waals surface area contributed by atoms with Crippen molar-refractivity contribution in [1.82, 2.24) is 25.8 Å². The topological polar surface area (TPSA) is 126 Å². The summed E-state index contributed by atoms with van der Waals surface area (Å²) in [5.41, 5.74) is -0.285. The van der Waals surface area contributed by atoms with Gasteiger partial charge in [0.15, 0.2) is 28.5 Å². The maximum Gasteiger partial charge on any atom is 0.322 e. The van der Waals surface area contributed by atoms with Crippen LogP contribution in [-0.2, 0) is 16.9 Å². The van der Waals surface area contributed by atoms with Crippen molar-refractivity contribution in [2.24, 2.45) is 0 Å². The van der Waals surface area contributed by atoms with E-state index in [9.17, 15) is 23.2 Å². The minimum absolute atomic E-state index is 0.000569. The van der Waals surface area contributed by atoms with Gasteiger partial charge in [0.25, 0.3) is 11.8 Å². The van der Waals surface area contributed by atoms with Gasteiger partial charge in [-0.15, -0.1) is 0 Å². The van der Waals surface area contributed by atoms with Crippen LogP contribution < -0.4 is 20.7 Å². The summed E-state index contributed by atoms with van der Waals surface area (Å²) in [6.07, 6.45) is 2.46. The van der Waals surface area contributed by atoms with E-state index in [1.165, 1.54) is 30.2 Å². The molecule has 3 aliphatic heterocycles. The number of hydrogen-bond acceptors (Lipinski definition) is 7. The average molecular weight is 509 g/mol. The van der Waals surface area contributed by atoms with Crippen LogP contribution in [0.3, 0.4) is 0 Å². The summed E-state index contributed by atoms with van der Waals surface area (Å²) in [7, 11) is 1.29. The number of pyridine rings is 1. The van der Waals surface area contributed by atoms with Crippen molar-refractivity contribution in [3.8, 4) is 5.75 Å². The van der Waals surface area contributed by atoms with Crippen LogP contribution in [-0.4, -0.2) is 54.5 Å². The number of halogens is 2. The first-order valence-corrected chi connectivity index (χ1v) is 11.6. The van der Waals surface area contributed by atoms with Crippen LogP contribution in [0.5, 0.6) is 5.75 Å². The fourth-order valence-corrected chi connectivity index (χ4v) is 5.04. The normalized spacial score (nSPS) is 21.2. The molecule has 5 heterocycles. The molecule has 3 aliphatic rings. The highest BCUT2D eigenvalue weighted by Crippen LogP contribution is 2.36. The summed E-state index contributed by atoms with van der Waals surface area (Å²) in [6, 6.07) is 4.83. The maximum atomic E-state index is 14.9. The second-order valence-corrected chi connectivity index (χ2v) is 9.09. The molecular weight excluding hydrogens is 488 g/mol. The number of hydrogen-bond donors (Lipinski definition) is 3. The molecule has 4 amide bonds. The molecule has 0 spiro atoms. The van der Waals surface area contributed by atoms with E-state index in [1.807, 2.05) is 6.08 Å². The molecule has 0 radical (unpaired) electrons. The number of nitrogens with one attached hydrogen (secondary N) is 3. The van der Waals surface area contributed by atoms with Gasteiger partial charge in [-0.05, 0) is 30.2 Å². The molecule has 37 heavy (non-hydrogen) atoms. The number of nitrogens with zero attached hydrogens (tertiary/aromatic N) is 2. The van der Waals surface area contributed by atoms with Crippen molar-refractivity contribution < 1.29 is 32.3 Å². The standard InChI is InChI=1S/C25H21F2N5O5/c1-36-16-3-2-13-10-32(22(33)19(13)20(16)27)11-25(23(34)30-24(35)31-25)18-9-15-17(37-18)8-14(26)21(29-15)12-4-6-28-7-5-12/h2-4,8-9,28H,5-7,10-11H2,1H3,(H2,30,31,34,35)/t25-/m0/s1. The van der Waals surface area contributed by atoms with Crippen molar-refractivity contribution in [2.45, 2.75) is 18.5 Å². The summed E-state index contributed by atoms with van der Waals surface area (Å²) in [5, 5.41) is 7.88. The molecule has 12 heteroatoms. The third kappa shape index (κ3) is 3.55. The van der Waals surface area contributed by atoms with Gasteiger partial charge in [-0.3, -0.25) is 14.9 Å². The number of urea groups is 1. The fourth-order valence-electron chi connectivity index (χ4n) is 5.04. The Kier molecular flexibility index (Phi) is 5.23. The zero-order chi connectivity index (χ0) is 25.9. The Balaban J connectivity index is 1.40. The maximum absolute atomic E-state index is 14.9. The fraction of sp³-hybridized carbons (Fsp3) is 0.280. The number of furan rings is 1. The number of rotatable bonds is 5. The highest BCUT2D eigenvalue weighted by molar-refractivity contribution is 6.08. The SMILES string of the molecule is COc1ccc2c(c1F)C(=O)N(C[C@@]1(c3cc4nc(C5=CCNCC5)c(F)cc4o3)NC(=O)NC1=O)C2. The van der Waals surface area contributed by atoms with Crippen molar-refractivity contribution in [3.05, 3.63) is 64.6 Å². The molecule has 2 aromatic heterocycles. The molecule has 0 saturated carbocycles. The van der Waals surface area contributed by atoms with Crippen LogP contribution in [0.25, 0.3) is 16.7 Å². The van der Waals surface area contributed by atoms with Crippen LogP contribution in [0, 0.1) is 11.6 Å². The van der Waals surface area contributed by atoms with Gasteiger partial charge in [-0.1, -0.05) is 12.1 Å². The monoisotopic (exact) mass is 509 g/mol. The average Bonchev–Trinajstić information content (AvgIpc) is 3.53. The first-order valence-electron chi connectivity index (χ1n) is 11.6. The van der Waals surface area contributed by atoms with Crippen LogP contribution in [0.2, 0.25) is 0 Å². The first-order chi connectivity index (χ1) is 17.8. The number of benzene rings is 1. The number of ether oxygens (including phenoxy) is 1. The molecular formula is C25H21F2N5O5. The second-order valence-electron chi connectivity index (χ2n) is 9.09. The van der Waals surface area contributed by atoms with E-state index in [0.717, 1.165) is 5.57 Å². The number of carbonyl (C=O) groups excluding carboxylic acids is 3. The van der Waals surface area contributed by atoms with Crippen LogP contribution in [0.4, 0.5) is 13.6 Å². The van der Waals surface area contributed by atoms with E-state index in [-0.39, 0.29) is 47.0 Å². The summed E-state index contributed by atoms with van der Waals surface area (Å²) in [4.78, 5) is 44.1. The number of methoxy groups -OCH3 is 1. The number of amides is 4. The molecule has 1 saturated heterocycles. The van der Waals surface area contributed by atoms with Gasteiger partial charge in [0, 0.05) is 25.2 Å². The summed E-state index contributed by atoms with van der Waals surface area (Å²) in [6.45, 7) is 0.931. The van der Waals surface area contributed by atoms with Gasteiger partial charge in [0.2, 0.25) is 0 Å². The minimum atomic E-state index is -1.83. The van der Waals surface area contributed by atoms with Crippen molar-refractivity contribution in [3.63, 3.8) is 0 Å². The molecule has 190 valence electrons. The molecule has 1 fully saturated rings. The number of imide groups is 1. The highest BCUT2D eigenvalue weighted by Gasteiger charge is 2.53. The predicted molar refractivity (Wildman–Crippen MR) is 125 cm³/mol. The van der Waals surface area contributed by atoms with Crippen LogP contribution in [0.15, 0.2) is 34.8 Å². The molecule has 1 atom stereocenters. The Morgan fingerprint density at radius 1 is 1.22 bits per heavy atom. The molecule has 6 rings (SSSR count). The van der Waals surface area contributed by atoms with Gasteiger partial charge in [0.05, 0.1) is 19.2 Å². The lowest BCUT2D eigenvalue weighted by molar-refractivity contribution is -0.125. The van der Waals surface area contributed by atoms with E-state index < -0.39 is 35.0 Å². The highest BCUT2D eigenvalue weighted by atomic mass is 19.1. The second kappa shape index (κ2) is 8.37. The minimum Gasteiger partial charge on any atom is -0.494 e. The van der Waals surface area contributed by atoms with Crippen molar-refractivity contribution in [2.75, 3.05) is 26.7 Å². The molecule has 1 aromatic carbocycles. The summed E-state index contributed by atoms with van der Waals surface area (Å²) >= 11 is 0. The molecule has 0 bridgehead atoms. The van der Waals surface area contributed by atoms with Gasteiger partial charge >= 0.3 is 6.03 Å². The molecule has 3 aromatic rings. The van der Waals surface area contributed by atoms with E-state index in [0.29, 0.717) is 25.1 Å². The van der Waals surface area contributed by atoms with Gasteiger partial charge in [0.1, 0.15) is 17.0 Å². The van der Waals surface area contributed by atoms with Gasteiger partial charge in [-0.2, -0.15) is 0 Å². The van der Waals surface area contributed by atoms with E-state index >= 15 is 0 Å². The Morgan fingerprint density at radius 3 is 2.76 bits per heavy atom. The van der Waals surface area contributed by atoms with E-state index in [2.05, 4.69) is 20.9 Å². The first kappa shape index (κ1) is 23.1. The molecule has 10 nitrogen and oxygen atoms in total. The quantitative estimate of drug-likeness (QED) is 0.450. The Bertz CT molecular complexity index is 1530. The van der Waals surface area contributed by atoms with Crippen LogP contribution >= 0.6 is 0 Å². The summed E-state index contributed by atoms with van der Waals surface area (Å²) in [5.74, 6) is -2.92. The largest absolute Gasteiger partial charge is 0.494 e. The number of aromatic nitrogens is 1. The lowest BCUT2D eigenvalue weighted by atomic mass is 9.95. The Labute approximate surface area is 208 Å². The third-order valence-electron chi connectivity index (χ3n) is 6.89. The zero-order valence-electron chi connectivity index (χ0n) is 19.6. The molecule has 0 unspecified atom stereocenters. The summed E-state index contributed by atoms with van der Waals surface area (Å²) < 4.78 is 40.6. The van der Waals surface area contributed by atoms with Crippen molar-refractivity contribution in [1.29, 1.82) is 0 Å². The number of fused-ring (bicyclic) bond motifs is 2. The molecule has 3 N–H and O–H groups in total. The Morgan fingerprint density at radius 2 is 2.05 bits per heavy atom.